The van der Waals surface area contributed by atoms with Gasteiger partial charge in [0.15, 0.2) is 5.69 Å². The van der Waals surface area contributed by atoms with Crippen LogP contribution in [0.5, 0.6) is 0 Å². The van der Waals surface area contributed by atoms with E-state index >= 15 is 0 Å². The number of nitrogens with zero attached hydrogens (tertiary/aromatic N) is 2. The van der Waals surface area contributed by atoms with Gasteiger partial charge in [0.1, 0.15) is 5.82 Å². The number of hydrogen-bond donors (Lipinski definition) is 2. The molecule has 0 unspecified atom stereocenters. The minimum atomic E-state index is -0.787. The summed E-state index contributed by atoms with van der Waals surface area (Å²) in [5, 5.41) is 0.486. The smallest absolute Gasteiger partial charge is 0.330 e. The number of carbonyl (C=O) groups is 1. The molecule has 1 amide bonds. The van der Waals surface area contributed by atoms with E-state index in [0.29, 0.717) is 5.02 Å². The van der Waals surface area contributed by atoms with Crippen LogP contribution in [-0.4, -0.2) is 29.2 Å². The standard InChI is InChI=1S/C21H20Cl2N4O4/c1-31-10-9-26-18(24)17(19(28)25-21(26)30)27(12-13-5-3-2-4-6-13)20(29)15-8-7-14(22)11-16(15)23/h2-8,11H,9-10,12,24H2,1H3,(H,25,28,30). The molecule has 0 aliphatic rings. The zero-order valence-corrected chi connectivity index (χ0v) is 18.1. The molecule has 0 aliphatic heterocycles. The number of aromatic amines is 1. The molecule has 1 heterocycles. The van der Waals surface area contributed by atoms with E-state index in [9.17, 15) is 14.4 Å². The summed E-state index contributed by atoms with van der Waals surface area (Å²) in [6, 6.07) is 13.5. The van der Waals surface area contributed by atoms with E-state index in [1.54, 1.807) is 24.3 Å². The highest BCUT2D eigenvalue weighted by Gasteiger charge is 2.27. The Labute approximate surface area is 187 Å². The normalized spacial score (nSPS) is 10.8. The Morgan fingerprint density at radius 3 is 2.52 bits per heavy atom. The van der Waals surface area contributed by atoms with E-state index in [2.05, 4.69) is 4.98 Å². The number of nitrogens with two attached hydrogens (primary N) is 1. The quantitative estimate of drug-likeness (QED) is 0.560. The number of rotatable bonds is 7. The Balaban J connectivity index is 2.18. The number of benzene rings is 2. The van der Waals surface area contributed by atoms with Gasteiger partial charge in [-0.3, -0.25) is 24.0 Å². The maximum Gasteiger partial charge on any atom is 0.330 e. The summed E-state index contributed by atoms with van der Waals surface area (Å²) in [7, 11) is 1.47. The molecule has 1 aromatic heterocycles. The topological polar surface area (TPSA) is 110 Å². The Morgan fingerprint density at radius 1 is 1.16 bits per heavy atom. The highest BCUT2D eigenvalue weighted by molar-refractivity contribution is 6.37. The van der Waals surface area contributed by atoms with Crippen molar-refractivity contribution in [2.45, 2.75) is 13.1 Å². The molecular weight excluding hydrogens is 443 g/mol. The number of H-pyrrole nitrogens is 1. The van der Waals surface area contributed by atoms with Gasteiger partial charge in [0.25, 0.3) is 11.5 Å². The summed E-state index contributed by atoms with van der Waals surface area (Å²) in [5.74, 6) is -0.722. The van der Waals surface area contributed by atoms with Crippen molar-refractivity contribution >= 4 is 40.6 Å². The minimum absolute atomic E-state index is 0.0222. The Morgan fingerprint density at radius 2 is 1.87 bits per heavy atom. The van der Waals surface area contributed by atoms with Crippen LogP contribution in [0, 0.1) is 0 Å². The lowest BCUT2D eigenvalue weighted by molar-refractivity contribution is 0.0985. The monoisotopic (exact) mass is 462 g/mol. The number of nitrogen functional groups attached to an aromatic ring is 1. The third kappa shape index (κ3) is 4.99. The van der Waals surface area contributed by atoms with Crippen molar-refractivity contribution in [2.75, 3.05) is 24.4 Å². The molecule has 0 atom stereocenters. The van der Waals surface area contributed by atoms with Crippen molar-refractivity contribution in [3.63, 3.8) is 0 Å². The predicted octanol–water partition coefficient (Wildman–Crippen LogP) is 2.92. The van der Waals surface area contributed by atoms with Crippen molar-refractivity contribution in [1.82, 2.24) is 9.55 Å². The number of ether oxygens (including phenoxy) is 1. The molecule has 3 rings (SSSR count). The summed E-state index contributed by atoms with van der Waals surface area (Å²) >= 11 is 12.2. The molecule has 3 N–H and O–H groups in total. The van der Waals surface area contributed by atoms with E-state index in [-0.39, 0.29) is 41.8 Å². The average molecular weight is 463 g/mol. The summed E-state index contributed by atoms with van der Waals surface area (Å²) in [4.78, 5) is 41.9. The van der Waals surface area contributed by atoms with Gasteiger partial charge in [0.05, 0.1) is 30.3 Å². The lowest BCUT2D eigenvalue weighted by atomic mass is 10.1. The summed E-state index contributed by atoms with van der Waals surface area (Å²) in [6.45, 7) is 0.305. The van der Waals surface area contributed by atoms with Crippen molar-refractivity contribution in [3.8, 4) is 0 Å². The lowest BCUT2D eigenvalue weighted by Crippen LogP contribution is -2.41. The van der Waals surface area contributed by atoms with E-state index < -0.39 is 17.2 Å². The second-order valence-electron chi connectivity index (χ2n) is 6.64. The molecule has 0 bridgehead atoms. The highest BCUT2D eigenvalue weighted by atomic mass is 35.5. The van der Waals surface area contributed by atoms with Gasteiger partial charge in [-0.05, 0) is 23.8 Å². The SMILES string of the molecule is COCCn1c(N)c(N(Cc2ccccc2)C(=O)c2ccc(Cl)cc2Cl)c(=O)[nH]c1=O. The first-order valence-electron chi connectivity index (χ1n) is 9.26. The maximum absolute atomic E-state index is 13.5. The Bertz CT molecular complexity index is 1210. The maximum atomic E-state index is 13.5. The van der Waals surface area contributed by atoms with Gasteiger partial charge in [-0.2, -0.15) is 0 Å². The largest absolute Gasteiger partial charge is 0.383 e. The van der Waals surface area contributed by atoms with Crippen molar-refractivity contribution in [1.29, 1.82) is 0 Å². The molecule has 0 fully saturated rings. The van der Waals surface area contributed by atoms with Crippen LogP contribution in [0.3, 0.4) is 0 Å². The predicted molar refractivity (Wildman–Crippen MR) is 121 cm³/mol. The first-order chi connectivity index (χ1) is 14.8. The fourth-order valence-corrected chi connectivity index (χ4v) is 3.56. The van der Waals surface area contributed by atoms with Crippen LogP contribution in [-0.2, 0) is 17.8 Å². The molecule has 162 valence electrons. The number of hydrogen-bond acceptors (Lipinski definition) is 5. The third-order valence-electron chi connectivity index (χ3n) is 4.59. The second-order valence-corrected chi connectivity index (χ2v) is 7.48. The van der Waals surface area contributed by atoms with Crippen LogP contribution < -0.4 is 21.9 Å². The zero-order valence-electron chi connectivity index (χ0n) is 16.6. The summed E-state index contributed by atoms with van der Waals surface area (Å²) in [5.41, 5.74) is 5.44. The second kappa shape index (κ2) is 9.82. The Kier molecular flexibility index (Phi) is 7.17. The molecule has 10 heteroatoms. The van der Waals surface area contributed by atoms with Crippen LogP contribution in [0.2, 0.25) is 10.0 Å². The zero-order chi connectivity index (χ0) is 22.5. The van der Waals surface area contributed by atoms with Crippen LogP contribution in [0.4, 0.5) is 11.5 Å². The van der Waals surface area contributed by atoms with Crippen LogP contribution in [0.25, 0.3) is 0 Å². The lowest BCUT2D eigenvalue weighted by Gasteiger charge is -2.25. The van der Waals surface area contributed by atoms with Crippen LogP contribution in [0.15, 0.2) is 58.1 Å². The van der Waals surface area contributed by atoms with E-state index in [1.165, 1.54) is 30.2 Å². The Hall–Kier alpha value is -3.07. The number of anilines is 2. The molecule has 3 aromatic rings. The van der Waals surface area contributed by atoms with E-state index in [1.807, 2.05) is 6.07 Å². The molecule has 0 saturated carbocycles. The van der Waals surface area contributed by atoms with Gasteiger partial charge in [0, 0.05) is 12.1 Å². The molecule has 31 heavy (non-hydrogen) atoms. The molecule has 0 saturated heterocycles. The average Bonchev–Trinajstić information content (AvgIpc) is 2.73. The van der Waals surface area contributed by atoms with Crippen LogP contribution in [0.1, 0.15) is 15.9 Å². The minimum Gasteiger partial charge on any atom is -0.383 e. The first kappa shape index (κ1) is 22.6. The number of nitrogens with one attached hydrogen (secondary N) is 1. The van der Waals surface area contributed by atoms with Gasteiger partial charge in [-0.15, -0.1) is 0 Å². The summed E-state index contributed by atoms with van der Waals surface area (Å²) in [6.07, 6.45) is 0. The number of carbonyl (C=O) groups excluding carboxylic acids is 1. The molecule has 2 aromatic carbocycles. The van der Waals surface area contributed by atoms with E-state index in [4.69, 9.17) is 33.7 Å². The van der Waals surface area contributed by atoms with Gasteiger partial charge >= 0.3 is 5.69 Å². The van der Waals surface area contributed by atoms with Gasteiger partial charge in [-0.1, -0.05) is 53.5 Å². The molecule has 0 spiro atoms. The van der Waals surface area contributed by atoms with Crippen molar-refractivity contribution < 1.29 is 9.53 Å². The number of aromatic nitrogens is 2. The molecular formula is C21H20Cl2N4O4. The first-order valence-corrected chi connectivity index (χ1v) is 10.0. The number of halogens is 2. The van der Waals surface area contributed by atoms with Gasteiger partial charge < -0.3 is 10.5 Å². The van der Waals surface area contributed by atoms with Gasteiger partial charge in [-0.25, -0.2) is 4.79 Å². The number of amides is 1. The van der Waals surface area contributed by atoms with Crippen molar-refractivity contribution in [3.05, 3.63) is 90.5 Å². The third-order valence-corrected chi connectivity index (χ3v) is 5.14. The van der Waals surface area contributed by atoms with E-state index in [0.717, 1.165) is 10.1 Å². The molecule has 8 nitrogen and oxygen atoms in total. The van der Waals surface area contributed by atoms with Gasteiger partial charge in [0.2, 0.25) is 0 Å². The van der Waals surface area contributed by atoms with Crippen molar-refractivity contribution in [2.24, 2.45) is 0 Å². The highest BCUT2D eigenvalue weighted by Crippen LogP contribution is 2.27. The van der Waals surface area contributed by atoms with Crippen LogP contribution >= 0.6 is 23.2 Å². The fraction of sp³-hybridized carbons (Fsp3) is 0.190. The molecule has 0 aliphatic carbocycles. The fourth-order valence-electron chi connectivity index (χ4n) is 3.07. The summed E-state index contributed by atoms with van der Waals surface area (Å²) < 4.78 is 6.16. The molecule has 0 radical (unpaired) electrons. The number of methoxy groups -OCH3 is 1.